The number of carbonyl (C=O) groups excluding carboxylic acids is 1. The van der Waals surface area contributed by atoms with Gasteiger partial charge in [-0.3, -0.25) is 9.52 Å². The van der Waals surface area contributed by atoms with Crippen molar-refractivity contribution in [2.75, 3.05) is 4.72 Å². The number of hydrogen-bond donors (Lipinski definition) is 2. The maximum absolute atomic E-state index is 13.9. The molecule has 0 saturated heterocycles. The second-order valence-electron chi connectivity index (χ2n) is 5.89. The van der Waals surface area contributed by atoms with Gasteiger partial charge < -0.3 is 5.11 Å². The Bertz CT molecular complexity index is 999. The third kappa shape index (κ3) is 3.57. The Hall–Kier alpha value is -2.81. The van der Waals surface area contributed by atoms with Gasteiger partial charge in [0.25, 0.3) is 10.0 Å². The molecule has 6 nitrogen and oxygen atoms in total. The number of nitrogens with one attached hydrogen (secondary N) is 1. The monoisotopic (exact) mass is 381 g/mol. The third-order valence-corrected chi connectivity index (χ3v) is 5.31. The number of halogens is 2. The molecule has 0 bridgehead atoms. The molecule has 2 aromatic rings. The van der Waals surface area contributed by atoms with Crippen molar-refractivity contribution in [2.45, 2.75) is 17.7 Å². The number of Topliss-reactive ketones (excluding diaryl/α,β-unsaturated/α-hetero) is 1. The molecule has 9 heteroatoms. The summed E-state index contributed by atoms with van der Waals surface area (Å²) in [5, 5.41) is 8.73. The first-order valence-electron chi connectivity index (χ1n) is 7.58. The van der Waals surface area contributed by atoms with Crippen molar-refractivity contribution < 1.29 is 31.9 Å². The summed E-state index contributed by atoms with van der Waals surface area (Å²) in [6, 6.07) is 5.96. The van der Waals surface area contributed by atoms with Crippen LogP contribution in [0.25, 0.3) is 0 Å². The lowest BCUT2D eigenvalue weighted by molar-refractivity contribution is 0.0691. The van der Waals surface area contributed by atoms with Crippen LogP contribution >= 0.6 is 0 Å². The molecule has 1 aliphatic carbocycles. The molecule has 1 aliphatic rings. The van der Waals surface area contributed by atoms with E-state index in [1.54, 1.807) is 0 Å². The van der Waals surface area contributed by atoms with Crippen molar-refractivity contribution in [3.8, 4) is 0 Å². The summed E-state index contributed by atoms with van der Waals surface area (Å²) < 4.78 is 54.1. The quantitative estimate of drug-likeness (QED) is 0.749. The Morgan fingerprint density at radius 2 is 1.65 bits per heavy atom. The van der Waals surface area contributed by atoms with E-state index in [4.69, 9.17) is 5.11 Å². The number of carbonyl (C=O) groups is 2. The van der Waals surface area contributed by atoms with Crippen LogP contribution in [0.2, 0.25) is 0 Å². The molecule has 0 aromatic heterocycles. The molecule has 1 fully saturated rings. The van der Waals surface area contributed by atoms with Gasteiger partial charge in [0.2, 0.25) is 0 Å². The van der Waals surface area contributed by atoms with E-state index in [2.05, 4.69) is 0 Å². The average Bonchev–Trinajstić information content (AvgIpc) is 3.42. The fourth-order valence-electron chi connectivity index (χ4n) is 2.37. The zero-order valence-corrected chi connectivity index (χ0v) is 14.0. The minimum Gasteiger partial charge on any atom is -0.478 e. The molecule has 3 rings (SSSR count). The van der Waals surface area contributed by atoms with E-state index in [0.717, 1.165) is 12.8 Å². The molecular weight excluding hydrogens is 368 g/mol. The maximum Gasteiger partial charge on any atom is 0.338 e. The summed E-state index contributed by atoms with van der Waals surface area (Å²) in [6.45, 7) is 0. The van der Waals surface area contributed by atoms with Crippen molar-refractivity contribution in [2.24, 2.45) is 5.92 Å². The van der Waals surface area contributed by atoms with Crippen LogP contribution in [0.15, 0.2) is 41.3 Å². The van der Waals surface area contributed by atoms with Gasteiger partial charge in [-0.2, -0.15) is 0 Å². The fourth-order valence-corrected chi connectivity index (χ4v) is 3.43. The van der Waals surface area contributed by atoms with Gasteiger partial charge >= 0.3 is 5.97 Å². The Kier molecular flexibility index (Phi) is 4.49. The highest BCUT2D eigenvalue weighted by Crippen LogP contribution is 2.32. The molecule has 2 aromatic carbocycles. The number of ketones is 1. The van der Waals surface area contributed by atoms with Crippen molar-refractivity contribution in [1.82, 2.24) is 0 Å². The van der Waals surface area contributed by atoms with Crippen molar-refractivity contribution in [1.29, 1.82) is 0 Å². The van der Waals surface area contributed by atoms with Crippen LogP contribution in [-0.2, 0) is 10.0 Å². The van der Waals surface area contributed by atoms with Crippen molar-refractivity contribution >= 4 is 27.5 Å². The molecule has 1 saturated carbocycles. The first kappa shape index (κ1) is 18.0. The lowest BCUT2D eigenvalue weighted by Gasteiger charge is -2.10. The lowest BCUT2D eigenvalue weighted by Crippen LogP contribution is -2.15. The highest BCUT2D eigenvalue weighted by molar-refractivity contribution is 7.92. The van der Waals surface area contributed by atoms with E-state index in [1.165, 1.54) is 24.3 Å². The number of hydrogen-bond acceptors (Lipinski definition) is 4. The zero-order chi connectivity index (χ0) is 19.1. The molecule has 26 heavy (non-hydrogen) atoms. The van der Waals surface area contributed by atoms with E-state index >= 15 is 0 Å². The molecule has 0 heterocycles. The number of rotatable bonds is 6. The zero-order valence-electron chi connectivity index (χ0n) is 13.2. The summed E-state index contributed by atoms with van der Waals surface area (Å²) in [7, 11) is -4.25. The van der Waals surface area contributed by atoms with E-state index < -0.39 is 38.9 Å². The second-order valence-corrected chi connectivity index (χ2v) is 7.57. The van der Waals surface area contributed by atoms with Gasteiger partial charge in [-0.25, -0.2) is 22.0 Å². The lowest BCUT2D eigenvalue weighted by atomic mass is 10.1. The molecule has 0 atom stereocenters. The third-order valence-electron chi connectivity index (χ3n) is 3.93. The summed E-state index contributed by atoms with van der Waals surface area (Å²) in [4.78, 5) is 22.4. The van der Waals surface area contributed by atoms with Gasteiger partial charge in [-0.1, -0.05) is 12.1 Å². The predicted octanol–water partition coefficient (Wildman–Crippen LogP) is 3.06. The number of aromatic carboxylic acids is 1. The summed E-state index contributed by atoms with van der Waals surface area (Å²) in [5.74, 6) is -4.25. The molecule has 0 spiro atoms. The molecule has 2 N–H and O–H groups in total. The fraction of sp³-hybridized carbons (Fsp3) is 0.176. The first-order chi connectivity index (χ1) is 12.2. The van der Waals surface area contributed by atoms with Crippen LogP contribution in [0, 0.1) is 17.6 Å². The summed E-state index contributed by atoms with van der Waals surface area (Å²) in [5.41, 5.74) is -1.24. The van der Waals surface area contributed by atoms with E-state index in [-0.39, 0.29) is 16.6 Å². The van der Waals surface area contributed by atoms with Gasteiger partial charge in [0.1, 0.15) is 11.6 Å². The van der Waals surface area contributed by atoms with Gasteiger partial charge in [0.15, 0.2) is 5.78 Å². The van der Waals surface area contributed by atoms with E-state index in [0.29, 0.717) is 17.7 Å². The SMILES string of the molecule is O=C(O)c1cc(F)c(NS(=O)(=O)c2ccc(C(=O)C3CC3)cc2)cc1F. The number of carboxylic acids is 1. The van der Waals surface area contributed by atoms with Gasteiger partial charge in [-0.05, 0) is 31.0 Å². The Morgan fingerprint density at radius 3 is 2.19 bits per heavy atom. The van der Waals surface area contributed by atoms with Crippen LogP contribution in [0.5, 0.6) is 0 Å². The van der Waals surface area contributed by atoms with Gasteiger partial charge in [0, 0.05) is 17.5 Å². The van der Waals surface area contributed by atoms with Gasteiger partial charge in [0.05, 0.1) is 16.1 Å². The number of carboxylic acid groups (broad SMARTS) is 1. The topological polar surface area (TPSA) is 101 Å². The second kappa shape index (κ2) is 6.49. The number of anilines is 1. The number of sulfonamides is 1. The molecule has 0 amide bonds. The van der Waals surface area contributed by atoms with E-state index in [1.807, 2.05) is 4.72 Å². The largest absolute Gasteiger partial charge is 0.478 e. The maximum atomic E-state index is 13.9. The summed E-state index contributed by atoms with van der Waals surface area (Å²) in [6.07, 6.45) is 1.63. The molecule has 0 radical (unpaired) electrons. The van der Waals surface area contributed by atoms with Crippen LogP contribution in [0.1, 0.15) is 33.6 Å². The molecule has 0 unspecified atom stereocenters. The Labute approximate surface area is 147 Å². The average molecular weight is 381 g/mol. The number of benzene rings is 2. The van der Waals surface area contributed by atoms with Crippen molar-refractivity contribution in [3.63, 3.8) is 0 Å². The predicted molar refractivity (Wildman–Crippen MR) is 87.6 cm³/mol. The molecular formula is C17H13F2NO5S. The molecule has 136 valence electrons. The first-order valence-corrected chi connectivity index (χ1v) is 9.07. The Balaban J connectivity index is 1.86. The molecule has 0 aliphatic heterocycles. The van der Waals surface area contributed by atoms with Gasteiger partial charge in [-0.15, -0.1) is 0 Å². The van der Waals surface area contributed by atoms with Crippen molar-refractivity contribution in [3.05, 3.63) is 59.2 Å². The minimum absolute atomic E-state index is 0.0135. The van der Waals surface area contributed by atoms with Crippen LogP contribution in [0.3, 0.4) is 0 Å². The highest BCUT2D eigenvalue weighted by atomic mass is 32.2. The highest BCUT2D eigenvalue weighted by Gasteiger charge is 2.30. The summed E-state index contributed by atoms with van der Waals surface area (Å²) >= 11 is 0. The van der Waals surface area contributed by atoms with Crippen LogP contribution in [-0.4, -0.2) is 25.3 Å². The van der Waals surface area contributed by atoms with Crippen LogP contribution < -0.4 is 4.72 Å². The standard InChI is InChI=1S/C17H13F2NO5S/c18-13-8-15(14(19)7-12(13)17(22)23)20-26(24,25)11-5-3-10(4-6-11)16(21)9-1-2-9/h3-9,20H,1-2H2,(H,22,23). The minimum atomic E-state index is -4.25. The van der Waals surface area contributed by atoms with Crippen LogP contribution in [0.4, 0.5) is 14.5 Å². The Morgan fingerprint density at radius 1 is 1.04 bits per heavy atom. The smallest absolute Gasteiger partial charge is 0.338 e. The normalized spacial score (nSPS) is 14.1. The van der Waals surface area contributed by atoms with E-state index in [9.17, 15) is 26.8 Å².